The molecule has 22 heavy (non-hydrogen) atoms. The summed E-state index contributed by atoms with van der Waals surface area (Å²) in [7, 11) is 0. The number of benzene rings is 1. The Morgan fingerprint density at radius 2 is 2.00 bits per heavy atom. The fourth-order valence-corrected chi connectivity index (χ4v) is 1.91. The van der Waals surface area contributed by atoms with Crippen LogP contribution in [0.5, 0.6) is 0 Å². The quantitative estimate of drug-likeness (QED) is 0.462. The third kappa shape index (κ3) is 6.60. The van der Waals surface area contributed by atoms with E-state index in [2.05, 4.69) is 18.8 Å². The number of aliphatic carboxylic acids is 1. The number of carbonyl (C=O) groups is 1. The van der Waals surface area contributed by atoms with Crippen molar-refractivity contribution >= 4 is 5.97 Å². The molecule has 0 radical (unpaired) electrons. The molecule has 1 rings (SSSR count). The molecule has 0 spiro atoms. The SMILES string of the molecule is CCCCC#C[C@@H](C=C(C)C)O[C@@H](C(=O)O)c1ccccc1. The standard InChI is InChI=1S/C19H24O3/c1-4-5-6-10-13-17(14-15(2)3)22-18(19(20)21)16-11-8-7-9-12-16/h7-9,11-12,14,17-18H,4-6H2,1-3H3,(H,20,21)/t17-,18+/m0/s1. The maximum absolute atomic E-state index is 11.5. The number of carboxylic acids is 1. The van der Waals surface area contributed by atoms with Crippen LogP contribution < -0.4 is 0 Å². The van der Waals surface area contributed by atoms with Crippen molar-refractivity contribution in [2.75, 3.05) is 0 Å². The van der Waals surface area contributed by atoms with E-state index in [1.807, 2.05) is 26.0 Å². The third-order valence-corrected chi connectivity index (χ3v) is 2.99. The van der Waals surface area contributed by atoms with Gasteiger partial charge >= 0.3 is 5.97 Å². The predicted octanol–water partition coefficient (Wildman–Crippen LogP) is 4.36. The Kier molecular flexibility index (Phi) is 8.03. The van der Waals surface area contributed by atoms with Crippen molar-refractivity contribution in [3.05, 3.63) is 47.5 Å². The molecule has 1 aromatic carbocycles. The van der Waals surface area contributed by atoms with Gasteiger partial charge in [-0.2, -0.15) is 0 Å². The fraction of sp³-hybridized carbons (Fsp3) is 0.421. The molecule has 2 atom stereocenters. The molecule has 0 unspecified atom stereocenters. The number of rotatable bonds is 7. The van der Waals surface area contributed by atoms with Crippen molar-refractivity contribution in [2.24, 2.45) is 0 Å². The van der Waals surface area contributed by atoms with Gasteiger partial charge in [-0.1, -0.05) is 55.2 Å². The molecular weight excluding hydrogens is 276 g/mol. The Morgan fingerprint density at radius 3 is 2.55 bits per heavy atom. The molecule has 1 N–H and O–H groups in total. The zero-order chi connectivity index (χ0) is 16.4. The second-order valence-corrected chi connectivity index (χ2v) is 5.35. The lowest BCUT2D eigenvalue weighted by molar-refractivity contribution is -0.151. The Labute approximate surface area is 133 Å². The minimum atomic E-state index is -1.01. The number of ether oxygens (including phenoxy) is 1. The lowest BCUT2D eigenvalue weighted by Gasteiger charge is -2.17. The molecule has 0 heterocycles. The van der Waals surface area contributed by atoms with Crippen LogP contribution in [0.3, 0.4) is 0 Å². The van der Waals surface area contributed by atoms with Crippen LogP contribution in [0.15, 0.2) is 42.0 Å². The molecule has 3 heteroatoms. The van der Waals surface area contributed by atoms with E-state index in [9.17, 15) is 9.90 Å². The Hall–Kier alpha value is -2.05. The number of hydrogen-bond acceptors (Lipinski definition) is 2. The molecule has 0 saturated carbocycles. The summed E-state index contributed by atoms with van der Waals surface area (Å²) < 4.78 is 5.74. The first-order valence-electron chi connectivity index (χ1n) is 7.61. The smallest absolute Gasteiger partial charge is 0.337 e. The molecule has 0 aliphatic heterocycles. The average molecular weight is 300 g/mol. The average Bonchev–Trinajstić information content (AvgIpc) is 2.48. The lowest BCUT2D eigenvalue weighted by Crippen LogP contribution is -2.21. The summed E-state index contributed by atoms with van der Waals surface area (Å²) in [5.41, 5.74) is 1.67. The Morgan fingerprint density at radius 1 is 1.32 bits per heavy atom. The van der Waals surface area contributed by atoms with Crippen molar-refractivity contribution in [3.63, 3.8) is 0 Å². The molecule has 0 aliphatic carbocycles. The van der Waals surface area contributed by atoms with Gasteiger partial charge in [-0.15, -0.1) is 5.92 Å². The first-order chi connectivity index (χ1) is 10.5. The van der Waals surface area contributed by atoms with Gasteiger partial charge in [0.2, 0.25) is 0 Å². The number of carboxylic acid groups (broad SMARTS) is 1. The second kappa shape index (κ2) is 9.81. The highest BCUT2D eigenvalue weighted by atomic mass is 16.5. The summed E-state index contributed by atoms with van der Waals surface area (Å²) in [6.07, 6.45) is 3.26. The molecule has 0 aromatic heterocycles. The molecule has 0 saturated heterocycles. The van der Waals surface area contributed by atoms with Gasteiger partial charge in [-0.05, 0) is 31.9 Å². The first kappa shape index (κ1) is 18.0. The zero-order valence-electron chi connectivity index (χ0n) is 13.5. The van der Waals surface area contributed by atoms with Gasteiger partial charge in [-0.25, -0.2) is 4.79 Å². The summed E-state index contributed by atoms with van der Waals surface area (Å²) in [5, 5.41) is 9.43. The van der Waals surface area contributed by atoms with E-state index in [0.717, 1.165) is 24.8 Å². The van der Waals surface area contributed by atoms with Crippen LogP contribution in [0.1, 0.15) is 51.7 Å². The van der Waals surface area contributed by atoms with Crippen LogP contribution in [-0.4, -0.2) is 17.2 Å². The van der Waals surface area contributed by atoms with Crippen molar-refractivity contribution in [1.29, 1.82) is 0 Å². The molecule has 0 aliphatic rings. The molecule has 0 fully saturated rings. The Bertz CT molecular complexity index is 545. The lowest BCUT2D eigenvalue weighted by atomic mass is 10.1. The van der Waals surface area contributed by atoms with Crippen molar-refractivity contribution in [1.82, 2.24) is 0 Å². The number of allylic oxidation sites excluding steroid dienone is 1. The maximum Gasteiger partial charge on any atom is 0.337 e. The number of unbranched alkanes of at least 4 members (excludes halogenated alkanes) is 2. The number of hydrogen-bond donors (Lipinski definition) is 1. The summed E-state index contributed by atoms with van der Waals surface area (Å²) >= 11 is 0. The fourth-order valence-electron chi connectivity index (χ4n) is 1.91. The van der Waals surface area contributed by atoms with Gasteiger partial charge in [0, 0.05) is 6.42 Å². The van der Waals surface area contributed by atoms with Gasteiger partial charge in [-0.3, -0.25) is 0 Å². The van der Waals surface area contributed by atoms with E-state index in [0.29, 0.717) is 5.56 Å². The topological polar surface area (TPSA) is 46.5 Å². The summed E-state index contributed by atoms with van der Waals surface area (Å²) in [6.45, 7) is 6.01. The van der Waals surface area contributed by atoms with Crippen LogP contribution in [-0.2, 0) is 9.53 Å². The molecule has 1 aromatic rings. The highest BCUT2D eigenvalue weighted by Crippen LogP contribution is 2.20. The van der Waals surface area contributed by atoms with E-state index in [1.165, 1.54) is 0 Å². The van der Waals surface area contributed by atoms with Crippen LogP contribution in [0, 0.1) is 11.8 Å². The van der Waals surface area contributed by atoms with Gasteiger partial charge in [0.1, 0.15) is 6.10 Å². The minimum Gasteiger partial charge on any atom is -0.479 e. The third-order valence-electron chi connectivity index (χ3n) is 2.99. The first-order valence-corrected chi connectivity index (χ1v) is 7.61. The summed E-state index contributed by atoms with van der Waals surface area (Å²) in [6, 6.07) is 8.96. The highest BCUT2D eigenvalue weighted by molar-refractivity contribution is 5.74. The van der Waals surface area contributed by atoms with Crippen LogP contribution in [0.2, 0.25) is 0 Å². The predicted molar refractivity (Wildman–Crippen MR) is 88.4 cm³/mol. The molecular formula is C19H24O3. The van der Waals surface area contributed by atoms with Gasteiger partial charge < -0.3 is 9.84 Å². The van der Waals surface area contributed by atoms with Gasteiger partial charge in [0.25, 0.3) is 0 Å². The molecule has 118 valence electrons. The maximum atomic E-state index is 11.5. The van der Waals surface area contributed by atoms with Crippen LogP contribution in [0.25, 0.3) is 0 Å². The monoisotopic (exact) mass is 300 g/mol. The second-order valence-electron chi connectivity index (χ2n) is 5.35. The summed E-state index contributed by atoms with van der Waals surface area (Å²) in [4.78, 5) is 11.5. The van der Waals surface area contributed by atoms with E-state index in [1.54, 1.807) is 24.3 Å². The van der Waals surface area contributed by atoms with Gasteiger partial charge in [0.05, 0.1) is 0 Å². The highest BCUT2D eigenvalue weighted by Gasteiger charge is 2.23. The van der Waals surface area contributed by atoms with E-state index < -0.39 is 18.2 Å². The van der Waals surface area contributed by atoms with Crippen LogP contribution >= 0.6 is 0 Å². The van der Waals surface area contributed by atoms with E-state index in [4.69, 9.17) is 4.74 Å². The minimum absolute atomic E-state index is 0.511. The van der Waals surface area contributed by atoms with E-state index in [-0.39, 0.29) is 0 Å². The molecule has 0 bridgehead atoms. The normalized spacial score (nSPS) is 12.7. The summed E-state index contributed by atoms with van der Waals surface area (Å²) in [5.74, 6) is 5.10. The van der Waals surface area contributed by atoms with E-state index >= 15 is 0 Å². The zero-order valence-corrected chi connectivity index (χ0v) is 13.5. The van der Waals surface area contributed by atoms with Crippen molar-refractivity contribution in [2.45, 2.75) is 52.2 Å². The van der Waals surface area contributed by atoms with Crippen molar-refractivity contribution in [3.8, 4) is 11.8 Å². The molecule has 0 amide bonds. The molecule has 3 nitrogen and oxygen atoms in total. The largest absolute Gasteiger partial charge is 0.479 e. The van der Waals surface area contributed by atoms with Crippen LogP contribution in [0.4, 0.5) is 0 Å². The van der Waals surface area contributed by atoms with Gasteiger partial charge in [0.15, 0.2) is 6.10 Å². The van der Waals surface area contributed by atoms with Crippen molar-refractivity contribution < 1.29 is 14.6 Å². The Balaban J connectivity index is 2.91.